The summed E-state index contributed by atoms with van der Waals surface area (Å²) in [6.07, 6.45) is 8.94. The SMILES string of the molecule is CC(NC(=O)C1(c2ccccc2)CCN(C)CC1)C1=CCCCC1. The van der Waals surface area contributed by atoms with Crippen molar-refractivity contribution in [3.8, 4) is 0 Å². The van der Waals surface area contributed by atoms with Crippen molar-refractivity contribution in [3.05, 3.63) is 47.5 Å². The van der Waals surface area contributed by atoms with Crippen LogP contribution in [0.15, 0.2) is 42.0 Å². The maximum Gasteiger partial charge on any atom is 0.231 e. The summed E-state index contributed by atoms with van der Waals surface area (Å²) in [6.45, 7) is 4.08. The normalized spacial score (nSPS) is 22.5. The number of benzene rings is 1. The van der Waals surface area contributed by atoms with Crippen LogP contribution in [0.5, 0.6) is 0 Å². The fraction of sp³-hybridized carbons (Fsp3) is 0.571. The highest BCUT2D eigenvalue weighted by Crippen LogP contribution is 2.36. The molecule has 1 heterocycles. The number of rotatable bonds is 4. The summed E-state index contributed by atoms with van der Waals surface area (Å²) in [5.41, 5.74) is 2.20. The highest BCUT2D eigenvalue weighted by Gasteiger charge is 2.42. The molecule has 1 N–H and O–H groups in total. The molecule has 1 fully saturated rings. The van der Waals surface area contributed by atoms with E-state index in [9.17, 15) is 4.79 Å². The van der Waals surface area contributed by atoms with Crippen LogP contribution in [0, 0.1) is 0 Å². The molecule has 0 bridgehead atoms. The lowest BCUT2D eigenvalue weighted by Gasteiger charge is -2.40. The molecule has 3 nitrogen and oxygen atoms in total. The molecule has 0 saturated carbocycles. The lowest BCUT2D eigenvalue weighted by molar-refractivity contribution is -0.129. The first-order chi connectivity index (χ1) is 11.6. The highest BCUT2D eigenvalue weighted by atomic mass is 16.2. The van der Waals surface area contributed by atoms with Gasteiger partial charge in [-0.1, -0.05) is 42.0 Å². The van der Waals surface area contributed by atoms with E-state index >= 15 is 0 Å². The van der Waals surface area contributed by atoms with E-state index in [0.717, 1.165) is 38.8 Å². The van der Waals surface area contributed by atoms with Gasteiger partial charge in [0.1, 0.15) is 0 Å². The van der Waals surface area contributed by atoms with Crippen molar-refractivity contribution in [1.82, 2.24) is 10.2 Å². The maximum absolute atomic E-state index is 13.3. The molecule has 130 valence electrons. The third kappa shape index (κ3) is 3.56. The summed E-state index contributed by atoms with van der Waals surface area (Å²) in [7, 11) is 2.14. The Hall–Kier alpha value is -1.61. The van der Waals surface area contributed by atoms with Gasteiger partial charge >= 0.3 is 0 Å². The second kappa shape index (κ2) is 7.52. The standard InChI is InChI=1S/C21H30N2O/c1-17(18-9-5-3-6-10-18)22-20(24)21(13-15-23(2)16-14-21)19-11-7-4-8-12-19/h4,7-9,11-12,17H,3,5-6,10,13-16H2,1-2H3,(H,22,24). The van der Waals surface area contributed by atoms with Crippen LogP contribution >= 0.6 is 0 Å². The van der Waals surface area contributed by atoms with Gasteiger partial charge in [-0.2, -0.15) is 0 Å². The topological polar surface area (TPSA) is 32.3 Å². The van der Waals surface area contributed by atoms with Crippen molar-refractivity contribution in [2.45, 2.75) is 56.9 Å². The Labute approximate surface area is 146 Å². The molecule has 1 atom stereocenters. The van der Waals surface area contributed by atoms with Crippen LogP contribution < -0.4 is 5.32 Å². The Morgan fingerprint density at radius 3 is 2.50 bits per heavy atom. The number of nitrogens with zero attached hydrogens (tertiary/aromatic N) is 1. The molecule has 3 heteroatoms. The molecule has 0 spiro atoms. The largest absolute Gasteiger partial charge is 0.349 e. The number of likely N-dealkylation sites (tertiary alicyclic amines) is 1. The van der Waals surface area contributed by atoms with E-state index in [1.165, 1.54) is 24.0 Å². The summed E-state index contributed by atoms with van der Waals surface area (Å²) < 4.78 is 0. The van der Waals surface area contributed by atoms with E-state index in [0.29, 0.717) is 0 Å². The third-order valence-corrected chi connectivity index (χ3v) is 5.83. The number of hydrogen-bond donors (Lipinski definition) is 1. The van der Waals surface area contributed by atoms with Crippen LogP contribution in [0.3, 0.4) is 0 Å². The Bertz CT molecular complexity index is 585. The highest BCUT2D eigenvalue weighted by molar-refractivity contribution is 5.89. The lowest BCUT2D eigenvalue weighted by atomic mass is 9.71. The van der Waals surface area contributed by atoms with Gasteiger partial charge in [-0.3, -0.25) is 4.79 Å². The average Bonchev–Trinajstić information content (AvgIpc) is 2.64. The predicted octanol–water partition coefficient (Wildman–Crippen LogP) is 3.66. The average molecular weight is 326 g/mol. The molecule has 1 saturated heterocycles. The summed E-state index contributed by atoms with van der Waals surface area (Å²) in [4.78, 5) is 15.6. The first-order valence-corrected chi connectivity index (χ1v) is 9.36. The van der Waals surface area contributed by atoms with E-state index in [-0.39, 0.29) is 17.4 Å². The monoisotopic (exact) mass is 326 g/mol. The van der Waals surface area contributed by atoms with Crippen molar-refractivity contribution >= 4 is 5.91 Å². The van der Waals surface area contributed by atoms with Gasteiger partial charge in [0, 0.05) is 6.04 Å². The molecule has 1 aromatic carbocycles. The Kier molecular flexibility index (Phi) is 5.40. The molecule has 0 aromatic heterocycles. The molecular weight excluding hydrogens is 296 g/mol. The second-order valence-electron chi connectivity index (χ2n) is 7.47. The van der Waals surface area contributed by atoms with E-state index < -0.39 is 0 Å². The molecule has 1 aliphatic carbocycles. The minimum Gasteiger partial charge on any atom is -0.349 e. The van der Waals surface area contributed by atoms with Gasteiger partial charge < -0.3 is 10.2 Å². The third-order valence-electron chi connectivity index (χ3n) is 5.83. The molecule has 1 amide bonds. The predicted molar refractivity (Wildman–Crippen MR) is 99.0 cm³/mol. The fourth-order valence-corrected chi connectivity index (χ4v) is 4.09. The molecule has 2 aliphatic rings. The first kappa shape index (κ1) is 17.2. The van der Waals surface area contributed by atoms with Gasteiger partial charge in [0.25, 0.3) is 0 Å². The summed E-state index contributed by atoms with van der Waals surface area (Å²) in [5, 5.41) is 3.35. The second-order valence-corrected chi connectivity index (χ2v) is 7.47. The quantitative estimate of drug-likeness (QED) is 0.857. The molecule has 3 rings (SSSR count). The number of piperidine rings is 1. The van der Waals surface area contributed by atoms with Crippen LogP contribution in [-0.4, -0.2) is 37.0 Å². The Morgan fingerprint density at radius 1 is 1.17 bits per heavy atom. The zero-order chi connectivity index (χ0) is 17.0. The van der Waals surface area contributed by atoms with Gasteiger partial charge in [0.15, 0.2) is 0 Å². The smallest absolute Gasteiger partial charge is 0.231 e. The van der Waals surface area contributed by atoms with Crippen molar-refractivity contribution < 1.29 is 4.79 Å². The molecule has 1 aliphatic heterocycles. The molecule has 1 aromatic rings. The minimum absolute atomic E-state index is 0.151. The number of allylic oxidation sites excluding steroid dienone is 1. The number of amides is 1. The molecule has 24 heavy (non-hydrogen) atoms. The van der Waals surface area contributed by atoms with Crippen LogP contribution in [0.25, 0.3) is 0 Å². The van der Waals surface area contributed by atoms with Crippen LogP contribution in [-0.2, 0) is 10.2 Å². The van der Waals surface area contributed by atoms with Crippen molar-refractivity contribution in [2.75, 3.05) is 20.1 Å². The van der Waals surface area contributed by atoms with Gasteiger partial charge in [0.05, 0.1) is 5.41 Å². The van der Waals surface area contributed by atoms with Crippen molar-refractivity contribution in [3.63, 3.8) is 0 Å². The summed E-state index contributed by atoms with van der Waals surface area (Å²) in [6, 6.07) is 10.5. The zero-order valence-corrected chi connectivity index (χ0v) is 15.1. The maximum atomic E-state index is 13.3. The van der Waals surface area contributed by atoms with Crippen LogP contribution in [0.4, 0.5) is 0 Å². The van der Waals surface area contributed by atoms with E-state index in [1.54, 1.807) is 0 Å². The summed E-state index contributed by atoms with van der Waals surface area (Å²) in [5.74, 6) is 0.209. The molecular formula is C21H30N2O. The molecule has 0 radical (unpaired) electrons. The van der Waals surface area contributed by atoms with Gasteiger partial charge in [-0.25, -0.2) is 0 Å². The Morgan fingerprint density at radius 2 is 1.88 bits per heavy atom. The number of carbonyl (C=O) groups is 1. The van der Waals surface area contributed by atoms with Crippen molar-refractivity contribution in [2.24, 2.45) is 0 Å². The Balaban J connectivity index is 1.80. The van der Waals surface area contributed by atoms with Gasteiger partial charge in [-0.15, -0.1) is 0 Å². The number of carbonyl (C=O) groups excluding carboxylic acids is 1. The van der Waals surface area contributed by atoms with Gasteiger partial charge in [-0.05, 0) is 71.1 Å². The summed E-state index contributed by atoms with van der Waals surface area (Å²) >= 11 is 0. The molecule has 1 unspecified atom stereocenters. The lowest BCUT2D eigenvalue weighted by Crippen LogP contribution is -2.53. The first-order valence-electron chi connectivity index (χ1n) is 9.36. The minimum atomic E-state index is -0.378. The van der Waals surface area contributed by atoms with E-state index in [1.807, 2.05) is 6.07 Å². The van der Waals surface area contributed by atoms with E-state index in [4.69, 9.17) is 0 Å². The zero-order valence-electron chi connectivity index (χ0n) is 15.1. The van der Waals surface area contributed by atoms with Crippen LogP contribution in [0.1, 0.15) is 51.0 Å². The van der Waals surface area contributed by atoms with Crippen LogP contribution in [0.2, 0.25) is 0 Å². The van der Waals surface area contributed by atoms with Crippen molar-refractivity contribution in [1.29, 1.82) is 0 Å². The number of nitrogens with one attached hydrogen (secondary N) is 1. The van der Waals surface area contributed by atoms with Gasteiger partial charge in [0.2, 0.25) is 5.91 Å². The fourth-order valence-electron chi connectivity index (χ4n) is 4.09. The van der Waals surface area contributed by atoms with E-state index in [2.05, 4.69) is 54.5 Å². The number of hydrogen-bond acceptors (Lipinski definition) is 2.